The number of hydrogen-bond donors (Lipinski definition) is 0. The van der Waals surface area contributed by atoms with Crippen LogP contribution in [0.4, 0.5) is 0 Å². The van der Waals surface area contributed by atoms with Crippen molar-refractivity contribution in [2.24, 2.45) is 11.8 Å². The van der Waals surface area contributed by atoms with Gasteiger partial charge in [-0.3, -0.25) is 9.69 Å². The van der Waals surface area contributed by atoms with E-state index in [1.165, 1.54) is 64.5 Å². The summed E-state index contributed by atoms with van der Waals surface area (Å²) in [6.07, 6.45) is 10.2. The second-order valence-corrected chi connectivity index (χ2v) is 5.88. The third-order valence-electron chi connectivity index (χ3n) is 4.97. The Hall–Kier alpha value is -0.370. The topological polar surface area (TPSA) is 20.3 Å². The average Bonchev–Trinajstić information content (AvgIpc) is 2.30. The first-order valence-corrected chi connectivity index (χ1v) is 7.14. The summed E-state index contributed by atoms with van der Waals surface area (Å²) in [5.41, 5.74) is 0. The molecule has 1 heterocycles. The summed E-state index contributed by atoms with van der Waals surface area (Å²) in [4.78, 5) is 14.9. The Bertz CT molecular complexity index is 270. The predicted octanol–water partition coefficient (Wildman–Crippen LogP) is 2.62. The van der Waals surface area contributed by atoms with Crippen LogP contribution in [0.1, 0.15) is 51.4 Å². The fourth-order valence-electron chi connectivity index (χ4n) is 4.10. The Morgan fingerprint density at radius 3 is 2.50 bits per heavy atom. The molecule has 0 amide bonds. The highest BCUT2D eigenvalue weighted by Crippen LogP contribution is 2.39. The molecule has 3 fully saturated rings. The molecule has 1 aliphatic heterocycles. The molecule has 3 atom stereocenters. The molecule has 2 nitrogen and oxygen atoms in total. The summed E-state index contributed by atoms with van der Waals surface area (Å²) in [5.74, 6) is 1.47. The van der Waals surface area contributed by atoms with E-state index in [4.69, 9.17) is 0 Å². The lowest BCUT2D eigenvalue weighted by Gasteiger charge is -2.45. The van der Waals surface area contributed by atoms with Gasteiger partial charge in [0.05, 0.1) is 0 Å². The van der Waals surface area contributed by atoms with Crippen molar-refractivity contribution >= 4 is 5.78 Å². The summed E-state index contributed by atoms with van der Waals surface area (Å²) < 4.78 is 0. The summed E-state index contributed by atoms with van der Waals surface area (Å²) in [6, 6.07) is 0.615. The molecular weight excluding hydrogens is 198 g/mol. The van der Waals surface area contributed by atoms with Crippen molar-refractivity contribution in [1.82, 2.24) is 4.90 Å². The minimum atomic E-state index is 0.408. The van der Waals surface area contributed by atoms with Crippen molar-refractivity contribution in [3.05, 3.63) is 0 Å². The molecule has 90 valence electrons. The summed E-state index contributed by atoms with van der Waals surface area (Å²) in [7, 11) is 0. The number of hydrogen-bond acceptors (Lipinski definition) is 2. The van der Waals surface area contributed by atoms with Crippen molar-refractivity contribution in [2.75, 3.05) is 13.1 Å². The molecule has 3 rings (SSSR count). The fraction of sp³-hybridized carbons (Fsp3) is 0.929. The molecule has 0 radical (unpaired) electrons. The summed E-state index contributed by atoms with van der Waals surface area (Å²) in [6.45, 7) is 2.50. The van der Waals surface area contributed by atoms with E-state index in [1.54, 1.807) is 0 Å². The van der Waals surface area contributed by atoms with Crippen molar-refractivity contribution in [3.63, 3.8) is 0 Å². The van der Waals surface area contributed by atoms with Gasteiger partial charge >= 0.3 is 0 Å². The molecule has 0 N–H and O–H groups in total. The van der Waals surface area contributed by atoms with Gasteiger partial charge in [0.25, 0.3) is 0 Å². The van der Waals surface area contributed by atoms with Crippen molar-refractivity contribution in [1.29, 1.82) is 0 Å². The number of Topliss-reactive ketones (excluding diaryl/α,β-unsaturated/α-hetero) is 1. The molecule has 2 bridgehead atoms. The van der Waals surface area contributed by atoms with E-state index in [1.807, 2.05) is 0 Å². The van der Waals surface area contributed by atoms with Gasteiger partial charge in [-0.05, 0) is 51.6 Å². The van der Waals surface area contributed by atoms with E-state index >= 15 is 0 Å². The lowest BCUT2D eigenvalue weighted by molar-refractivity contribution is -0.136. The average molecular weight is 221 g/mol. The van der Waals surface area contributed by atoms with Gasteiger partial charge in [-0.1, -0.05) is 12.8 Å². The van der Waals surface area contributed by atoms with Crippen LogP contribution >= 0.6 is 0 Å². The zero-order valence-corrected chi connectivity index (χ0v) is 10.2. The number of piperidine rings is 1. The second kappa shape index (κ2) is 4.48. The monoisotopic (exact) mass is 221 g/mol. The minimum Gasteiger partial charge on any atom is -0.300 e. The van der Waals surface area contributed by atoms with Crippen LogP contribution < -0.4 is 0 Å². The fourth-order valence-corrected chi connectivity index (χ4v) is 4.10. The van der Waals surface area contributed by atoms with Crippen LogP contribution in [-0.2, 0) is 4.79 Å². The van der Waals surface area contributed by atoms with E-state index in [0.717, 1.165) is 0 Å². The number of carbonyl (C=O) groups is 1. The summed E-state index contributed by atoms with van der Waals surface area (Å²) in [5, 5.41) is 0. The van der Waals surface area contributed by atoms with Gasteiger partial charge in [0.15, 0.2) is 0 Å². The van der Waals surface area contributed by atoms with E-state index in [9.17, 15) is 4.79 Å². The second-order valence-electron chi connectivity index (χ2n) is 5.88. The predicted molar refractivity (Wildman–Crippen MR) is 64.3 cm³/mol. The zero-order chi connectivity index (χ0) is 11.0. The molecule has 2 heteroatoms. The molecule has 1 saturated heterocycles. The lowest BCUT2D eigenvalue weighted by Crippen LogP contribution is -2.51. The molecular formula is C14H23NO. The number of fused-ring (bicyclic) bond motifs is 2. The molecule has 2 aliphatic carbocycles. The minimum absolute atomic E-state index is 0.408. The number of ketones is 1. The first-order valence-electron chi connectivity index (χ1n) is 7.14. The molecule has 2 saturated carbocycles. The van der Waals surface area contributed by atoms with Crippen molar-refractivity contribution in [3.8, 4) is 0 Å². The highest BCUT2D eigenvalue weighted by Gasteiger charge is 2.42. The first kappa shape index (κ1) is 10.8. The van der Waals surface area contributed by atoms with Gasteiger partial charge in [0.2, 0.25) is 0 Å². The van der Waals surface area contributed by atoms with Crippen LogP contribution in [0.3, 0.4) is 0 Å². The van der Waals surface area contributed by atoms with Crippen molar-refractivity contribution in [2.45, 2.75) is 57.4 Å². The number of carbonyl (C=O) groups excluding carboxylic acids is 1. The Kier molecular flexibility index (Phi) is 3.01. The van der Waals surface area contributed by atoms with E-state index in [2.05, 4.69) is 4.90 Å². The Balaban J connectivity index is 1.72. The Morgan fingerprint density at radius 2 is 1.69 bits per heavy atom. The molecule has 0 aromatic heterocycles. The maximum atomic E-state index is 12.2. The smallest absolute Gasteiger partial charge is 0.140 e. The molecule has 0 aromatic carbocycles. The third-order valence-corrected chi connectivity index (χ3v) is 4.97. The SMILES string of the molecule is O=C1[C@@H]2CCC[C@H]1[C@H](N1CCCCC1)CC2. The molecule has 0 aromatic rings. The zero-order valence-electron chi connectivity index (χ0n) is 10.2. The van der Waals surface area contributed by atoms with Crippen molar-refractivity contribution < 1.29 is 4.79 Å². The lowest BCUT2D eigenvalue weighted by atomic mass is 9.68. The van der Waals surface area contributed by atoms with Gasteiger partial charge in [-0.2, -0.15) is 0 Å². The normalized spacial score (nSPS) is 41.0. The van der Waals surface area contributed by atoms with Crippen LogP contribution in [0.2, 0.25) is 0 Å². The van der Waals surface area contributed by atoms with E-state index < -0.39 is 0 Å². The standard InChI is InChI=1S/C14H23NO/c16-14-11-5-4-6-12(14)13(8-7-11)15-9-2-1-3-10-15/h11-13H,1-10H2/t11-,12+,13-/m1/s1. The van der Waals surface area contributed by atoms with Gasteiger partial charge in [0, 0.05) is 17.9 Å². The van der Waals surface area contributed by atoms with E-state index in [-0.39, 0.29) is 0 Å². The molecule has 16 heavy (non-hydrogen) atoms. The molecule has 0 unspecified atom stereocenters. The van der Waals surface area contributed by atoms with Crippen LogP contribution in [0, 0.1) is 11.8 Å². The number of likely N-dealkylation sites (tertiary alicyclic amines) is 1. The molecule has 0 spiro atoms. The maximum Gasteiger partial charge on any atom is 0.140 e. The van der Waals surface area contributed by atoms with Crippen LogP contribution in [0.25, 0.3) is 0 Å². The third kappa shape index (κ3) is 1.81. The number of rotatable bonds is 1. The van der Waals surface area contributed by atoms with Crippen LogP contribution in [0.5, 0.6) is 0 Å². The highest BCUT2D eigenvalue weighted by molar-refractivity contribution is 5.85. The Labute approximate surface area is 98.4 Å². The Morgan fingerprint density at radius 1 is 0.875 bits per heavy atom. The van der Waals surface area contributed by atoms with E-state index in [0.29, 0.717) is 23.7 Å². The number of nitrogens with zero attached hydrogens (tertiary/aromatic N) is 1. The van der Waals surface area contributed by atoms with Gasteiger partial charge in [0.1, 0.15) is 5.78 Å². The van der Waals surface area contributed by atoms with Gasteiger partial charge in [-0.15, -0.1) is 0 Å². The van der Waals surface area contributed by atoms with Gasteiger partial charge < -0.3 is 0 Å². The summed E-state index contributed by atoms with van der Waals surface area (Å²) >= 11 is 0. The van der Waals surface area contributed by atoms with Crippen LogP contribution in [-0.4, -0.2) is 29.8 Å². The van der Waals surface area contributed by atoms with Gasteiger partial charge in [-0.25, -0.2) is 0 Å². The van der Waals surface area contributed by atoms with Crippen LogP contribution in [0.15, 0.2) is 0 Å². The first-order chi connectivity index (χ1) is 7.86. The quantitative estimate of drug-likeness (QED) is 0.678. The highest BCUT2D eigenvalue weighted by atomic mass is 16.1. The largest absolute Gasteiger partial charge is 0.300 e. The molecule has 3 aliphatic rings. The maximum absolute atomic E-state index is 12.2.